The summed E-state index contributed by atoms with van der Waals surface area (Å²) in [6.45, 7) is 10.2. The second-order valence-corrected chi connectivity index (χ2v) is 6.59. The van der Waals surface area contributed by atoms with Crippen molar-refractivity contribution in [2.75, 3.05) is 6.54 Å². The van der Waals surface area contributed by atoms with Crippen molar-refractivity contribution in [3.63, 3.8) is 0 Å². The molecule has 1 fully saturated rings. The maximum atomic E-state index is 3.67. The van der Waals surface area contributed by atoms with Crippen molar-refractivity contribution < 1.29 is 0 Å². The molecule has 2 rings (SSSR count). The molecule has 1 nitrogen and oxygen atoms in total. The Kier molecular flexibility index (Phi) is 4.67. The van der Waals surface area contributed by atoms with E-state index in [4.69, 9.17) is 0 Å². The zero-order valence-electron chi connectivity index (χ0n) is 13.0. The smallest absolute Gasteiger partial charge is 0.0348 e. The average molecular weight is 259 g/mol. The first-order valence-corrected chi connectivity index (χ1v) is 7.92. The Balaban J connectivity index is 2.15. The highest BCUT2D eigenvalue weighted by molar-refractivity contribution is 5.30. The van der Waals surface area contributed by atoms with E-state index in [2.05, 4.69) is 57.3 Å². The van der Waals surface area contributed by atoms with Crippen LogP contribution in [0.15, 0.2) is 24.3 Å². The Labute approximate surface area is 118 Å². The fourth-order valence-electron chi connectivity index (χ4n) is 2.90. The molecule has 1 unspecified atom stereocenters. The van der Waals surface area contributed by atoms with E-state index in [1.165, 1.54) is 36.8 Å². The zero-order chi connectivity index (χ0) is 13.9. The summed E-state index contributed by atoms with van der Waals surface area (Å²) in [7, 11) is 0. The van der Waals surface area contributed by atoms with Gasteiger partial charge < -0.3 is 5.32 Å². The molecule has 1 aliphatic rings. The highest BCUT2D eigenvalue weighted by Gasteiger charge is 2.28. The minimum absolute atomic E-state index is 0.294. The van der Waals surface area contributed by atoms with Crippen LogP contribution in [0, 0.1) is 5.92 Å². The molecule has 0 aliphatic heterocycles. The topological polar surface area (TPSA) is 12.0 Å². The predicted octanol–water partition coefficient (Wildman–Crippen LogP) is 4.82. The van der Waals surface area contributed by atoms with Crippen LogP contribution >= 0.6 is 0 Å². The van der Waals surface area contributed by atoms with E-state index in [-0.39, 0.29) is 0 Å². The fourth-order valence-corrected chi connectivity index (χ4v) is 2.90. The quantitative estimate of drug-likeness (QED) is 0.772. The summed E-state index contributed by atoms with van der Waals surface area (Å²) in [6, 6.07) is 9.93. The third-order valence-electron chi connectivity index (χ3n) is 4.98. The first-order chi connectivity index (χ1) is 9.08. The van der Waals surface area contributed by atoms with Crippen molar-refractivity contribution in [1.29, 1.82) is 0 Å². The van der Waals surface area contributed by atoms with Crippen molar-refractivity contribution in [1.82, 2.24) is 5.32 Å². The summed E-state index contributed by atoms with van der Waals surface area (Å²) in [6.07, 6.45) is 5.37. The summed E-state index contributed by atoms with van der Waals surface area (Å²) in [4.78, 5) is 0. The van der Waals surface area contributed by atoms with Crippen LogP contribution in [0.4, 0.5) is 0 Å². The molecule has 0 aromatic heterocycles. The van der Waals surface area contributed by atoms with Gasteiger partial charge in [0.15, 0.2) is 0 Å². The van der Waals surface area contributed by atoms with Gasteiger partial charge in [0, 0.05) is 6.04 Å². The van der Waals surface area contributed by atoms with Crippen LogP contribution in [0.3, 0.4) is 0 Å². The second-order valence-electron chi connectivity index (χ2n) is 6.59. The lowest BCUT2D eigenvalue weighted by molar-refractivity contribution is 0.233. The molecule has 1 N–H and O–H groups in total. The van der Waals surface area contributed by atoms with E-state index in [0.717, 1.165) is 12.5 Å². The number of nitrogens with one attached hydrogen (secondary N) is 1. The van der Waals surface area contributed by atoms with E-state index in [1.807, 2.05) is 0 Å². The third-order valence-corrected chi connectivity index (χ3v) is 4.98. The predicted molar refractivity (Wildman–Crippen MR) is 83.5 cm³/mol. The van der Waals surface area contributed by atoms with Crippen molar-refractivity contribution in [3.8, 4) is 0 Å². The molecular weight excluding hydrogens is 230 g/mol. The molecule has 0 heterocycles. The lowest BCUT2D eigenvalue weighted by atomic mass is 9.76. The van der Waals surface area contributed by atoms with E-state index in [9.17, 15) is 0 Å². The summed E-state index contributed by atoms with van der Waals surface area (Å²) < 4.78 is 0. The molecule has 1 saturated carbocycles. The van der Waals surface area contributed by atoms with Crippen LogP contribution in [0.2, 0.25) is 0 Å². The van der Waals surface area contributed by atoms with Gasteiger partial charge in [-0.25, -0.2) is 0 Å². The minimum Gasteiger partial charge on any atom is -0.310 e. The Morgan fingerprint density at radius 1 is 1.16 bits per heavy atom. The largest absolute Gasteiger partial charge is 0.310 e. The minimum atomic E-state index is 0.294. The SMILES string of the molecule is CCNC(c1ccc(C(C)(C)CC)cc1)C1CCC1. The number of hydrogen-bond acceptors (Lipinski definition) is 1. The Hall–Kier alpha value is -0.820. The molecule has 1 aromatic carbocycles. The summed E-state index contributed by atoms with van der Waals surface area (Å²) in [5, 5.41) is 3.67. The molecule has 106 valence electrons. The van der Waals surface area contributed by atoms with Crippen LogP contribution in [0.1, 0.15) is 70.5 Å². The monoisotopic (exact) mass is 259 g/mol. The third kappa shape index (κ3) is 3.20. The van der Waals surface area contributed by atoms with Gasteiger partial charge in [0.05, 0.1) is 0 Å². The second kappa shape index (κ2) is 6.09. The van der Waals surface area contributed by atoms with Crippen LogP contribution in [-0.2, 0) is 5.41 Å². The molecule has 0 bridgehead atoms. The van der Waals surface area contributed by atoms with E-state index in [0.29, 0.717) is 11.5 Å². The molecule has 1 atom stereocenters. The van der Waals surface area contributed by atoms with Crippen molar-refractivity contribution in [2.24, 2.45) is 5.92 Å². The van der Waals surface area contributed by atoms with Gasteiger partial charge in [-0.2, -0.15) is 0 Å². The van der Waals surface area contributed by atoms with Gasteiger partial charge in [-0.3, -0.25) is 0 Å². The van der Waals surface area contributed by atoms with Crippen molar-refractivity contribution in [3.05, 3.63) is 35.4 Å². The molecule has 0 saturated heterocycles. The van der Waals surface area contributed by atoms with Crippen LogP contribution < -0.4 is 5.32 Å². The lowest BCUT2D eigenvalue weighted by Crippen LogP contribution is -2.32. The maximum Gasteiger partial charge on any atom is 0.0348 e. The fraction of sp³-hybridized carbons (Fsp3) is 0.667. The molecular formula is C18H29N. The molecule has 0 amide bonds. The van der Waals surface area contributed by atoms with Crippen LogP contribution in [0.25, 0.3) is 0 Å². The maximum absolute atomic E-state index is 3.67. The van der Waals surface area contributed by atoms with Gasteiger partial charge in [-0.05, 0) is 48.3 Å². The molecule has 0 spiro atoms. The highest BCUT2D eigenvalue weighted by Crippen LogP contribution is 2.38. The molecule has 1 aromatic rings. The Morgan fingerprint density at radius 2 is 1.79 bits per heavy atom. The average Bonchev–Trinajstić information content (AvgIpc) is 2.36. The molecule has 1 aliphatic carbocycles. The lowest BCUT2D eigenvalue weighted by Gasteiger charge is -2.35. The molecule has 0 radical (unpaired) electrons. The Morgan fingerprint density at radius 3 is 2.21 bits per heavy atom. The summed E-state index contributed by atoms with van der Waals surface area (Å²) >= 11 is 0. The van der Waals surface area contributed by atoms with Crippen molar-refractivity contribution >= 4 is 0 Å². The standard InChI is InChI=1S/C18H29N/c1-5-18(3,4)16-12-10-15(11-13-16)17(19-6-2)14-8-7-9-14/h10-14,17,19H,5-9H2,1-4H3. The van der Waals surface area contributed by atoms with E-state index >= 15 is 0 Å². The highest BCUT2D eigenvalue weighted by atomic mass is 14.9. The van der Waals surface area contributed by atoms with E-state index in [1.54, 1.807) is 0 Å². The molecule has 19 heavy (non-hydrogen) atoms. The van der Waals surface area contributed by atoms with E-state index < -0.39 is 0 Å². The number of hydrogen-bond donors (Lipinski definition) is 1. The van der Waals surface area contributed by atoms with Gasteiger partial charge in [0.25, 0.3) is 0 Å². The van der Waals surface area contributed by atoms with Gasteiger partial charge in [-0.15, -0.1) is 0 Å². The van der Waals surface area contributed by atoms with Gasteiger partial charge in [0.1, 0.15) is 0 Å². The molecule has 1 heteroatoms. The van der Waals surface area contributed by atoms with Crippen LogP contribution in [0.5, 0.6) is 0 Å². The van der Waals surface area contributed by atoms with Gasteiger partial charge in [-0.1, -0.05) is 58.4 Å². The Bertz CT molecular complexity index is 387. The van der Waals surface area contributed by atoms with Crippen molar-refractivity contribution in [2.45, 2.75) is 64.8 Å². The number of rotatable bonds is 6. The first kappa shape index (κ1) is 14.6. The summed E-state index contributed by atoms with van der Waals surface area (Å²) in [5.41, 5.74) is 3.23. The zero-order valence-corrected chi connectivity index (χ0v) is 13.0. The van der Waals surface area contributed by atoms with Crippen LogP contribution in [-0.4, -0.2) is 6.54 Å². The first-order valence-electron chi connectivity index (χ1n) is 7.92. The van der Waals surface area contributed by atoms with Gasteiger partial charge >= 0.3 is 0 Å². The number of benzene rings is 1. The van der Waals surface area contributed by atoms with Gasteiger partial charge in [0.2, 0.25) is 0 Å². The summed E-state index contributed by atoms with van der Waals surface area (Å²) in [5.74, 6) is 0.852. The normalized spacial score (nSPS) is 18.1.